The fourth-order valence-corrected chi connectivity index (χ4v) is 10.4. The molecule has 426 valence electrons. The molecule has 0 unspecified atom stereocenters. The molecule has 4 aromatic carbocycles. The summed E-state index contributed by atoms with van der Waals surface area (Å²) in [5, 5.41) is 3.02. The SMILES string of the molecule is CN(C)CC(CN(C)C)Oc1ccc2c(c1)-c1nc-2nc2[n-]c(nc3nc(nc4[n-]c(n1)c1ccc(OC(CN(C)C)CN(C)C)cc41)-c1ccc(OC(CN(C)C)CN(C)C)cc1-3)c1ccc(OC(CN(C)C)CN(C)C)cc21.[Zn+2]. The van der Waals surface area contributed by atoms with Crippen LogP contribution in [0.3, 0.4) is 0 Å². The van der Waals surface area contributed by atoms with Crippen molar-refractivity contribution in [2.45, 2.75) is 24.4 Å². The third-order valence-electron chi connectivity index (χ3n) is 13.3. The van der Waals surface area contributed by atoms with Gasteiger partial charge in [0, 0.05) is 97.2 Å². The summed E-state index contributed by atoms with van der Waals surface area (Å²) in [5.41, 5.74) is 4.73. The Labute approximate surface area is 490 Å². The van der Waals surface area contributed by atoms with E-state index in [9.17, 15) is 0 Å². The molecule has 9 rings (SSSR count). The van der Waals surface area contributed by atoms with E-state index < -0.39 is 0 Å². The van der Waals surface area contributed by atoms with Gasteiger partial charge in [0.05, 0.1) is 23.3 Å². The van der Waals surface area contributed by atoms with Crippen molar-refractivity contribution in [1.82, 2.24) is 79.1 Å². The number of hydrogen-bond donors (Lipinski definition) is 0. The standard InChI is InChI=1S/C60H80N16O4.Zn/c1-69(2)29-41(30-70(3)4)77-37-17-21-45-49(25-37)57-61-53(45)66-58-51-27-39(79-43(33-73(9)10)34-74(11)12)19-23-47(51)55(63-58)68-60-52-28-40(80-44(35-75(13)14)36-76(15)16)20-24-48(52)56(64-60)67-59-50-26-38(18-22-46(50)54(62-59)65-57)78-42(31-71(5)6)32-72(7)8;/h17-28,41-44H,29-36H2,1-16H3;/q-2;+2. The molecule has 7 aromatic rings. The van der Waals surface area contributed by atoms with Gasteiger partial charge in [-0.15, -0.1) is 0 Å². The van der Waals surface area contributed by atoms with Crippen molar-refractivity contribution in [2.24, 2.45) is 0 Å². The minimum absolute atomic E-state index is 0. The van der Waals surface area contributed by atoms with Gasteiger partial charge in [0.15, 0.2) is 0 Å². The van der Waals surface area contributed by atoms with Crippen LogP contribution in [0, 0.1) is 0 Å². The van der Waals surface area contributed by atoms with E-state index in [0.717, 1.165) is 96.2 Å². The Balaban J connectivity index is 0.00000860. The molecular formula is C60H80N16O4Zn. The van der Waals surface area contributed by atoms with Crippen LogP contribution in [-0.4, -0.2) is 259 Å². The molecular weight excluding hydrogens is 1070 g/mol. The van der Waals surface area contributed by atoms with Gasteiger partial charge in [0.2, 0.25) is 0 Å². The van der Waals surface area contributed by atoms with Crippen molar-refractivity contribution in [3.8, 4) is 68.5 Å². The van der Waals surface area contributed by atoms with Crippen molar-refractivity contribution in [2.75, 3.05) is 165 Å². The van der Waals surface area contributed by atoms with Crippen LogP contribution in [0.1, 0.15) is 0 Å². The number of rotatable bonds is 24. The van der Waals surface area contributed by atoms with Crippen molar-refractivity contribution in [1.29, 1.82) is 0 Å². The zero-order valence-corrected chi connectivity index (χ0v) is 53.4. The van der Waals surface area contributed by atoms with E-state index >= 15 is 0 Å². The summed E-state index contributed by atoms with van der Waals surface area (Å²) >= 11 is 0. The van der Waals surface area contributed by atoms with Crippen LogP contribution >= 0.6 is 0 Å². The summed E-state index contributed by atoms with van der Waals surface area (Å²) < 4.78 is 27.0. The Kier molecular flexibility index (Phi) is 19.8. The molecule has 0 aliphatic carbocycles. The van der Waals surface area contributed by atoms with Gasteiger partial charge in [-0.1, -0.05) is 0 Å². The zero-order chi connectivity index (χ0) is 57.1. The van der Waals surface area contributed by atoms with Crippen molar-refractivity contribution in [3.63, 3.8) is 0 Å². The molecule has 20 nitrogen and oxygen atoms in total. The van der Waals surface area contributed by atoms with Crippen LogP contribution < -0.4 is 28.9 Å². The van der Waals surface area contributed by atoms with Gasteiger partial charge < -0.3 is 88.1 Å². The van der Waals surface area contributed by atoms with Crippen molar-refractivity contribution in [3.05, 3.63) is 72.8 Å². The van der Waals surface area contributed by atoms with E-state index in [0.29, 0.717) is 68.9 Å². The Morgan fingerprint density at radius 2 is 0.531 bits per heavy atom. The predicted octanol–water partition coefficient (Wildman–Crippen LogP) is 5.61. The molecule has 81 heavy (non-hydrogen) atoms. The van der Waals surface area contributed by atoms with E-state index in [2.05, 4.69) is 152 Å². The van der Waals surface area contributed by atoms with Gasteiger partial charge in [-0.2, -0.15) is 0 Å². The van der Waals surface area contributed by atoms with E-state index in [4.69, 9.17) is 58.8 Å². The number of ether oxygens (including phenoxy) is 4. The maximum absolute atomic E-state index is 6.76. The minimum atomic E-state index is -0.118. The molecule has 5 heterocycles. The summed E-state index contributed by atoms with van der Waals surface area (Å²) in [5.74, 6) is 4.44. The van der Waals surface area contributed by atoms with Gasteiger partial charge in [-0.05, 0) is 207 Å². The zero-order valence-electron chi connectivity index (χ0n) is 50.4. The van der Waals surface area contributed by atoms with Crippen LogP contribution in [0.5, 0.6) is 23.0 Å². The molecule has 3 aromatic heterocycles. The Bertz CT molecular complexity index is 3200. The summed E-state index contributed by atoms with van der Waals surface area (Å²) in [6, 6.07) is 24.0. The smallest absolute Gasteiger partial charge is 0.488 e. The summed E-state index contributed by atoms with van der Waals surface area (Å²) in [6.07, 6.45) is -0.472. The fraction of sp³-hybridized carbons (Fsp3) is 0.467. The Morgan fingerprint density at radius 1 is 0.296 bits per heavy atom. The van der Waals surface area contributed by atoms with E-state index in [-0.39, 0.29) is 43.9 Å². The summed E-state index contributed by atoms with van der Waals surface area (Å²) in [6.45, 7) is 5.76. The third kappa shape index (κ3) is 15.3. The van der Waals surface area contributed by atoms with E-state index in [1.54, 1.807) is 0 Å². The van der Waals surface area contributed by atoms with Crippen molar-refractivity contribution >= 4 is 44.1 Å². The topological polar surface area (TPSA) is 168 Å². The molecule has 8 bridgehead atoms. The molecule has 21 heteroatoms. The largest absolute Gasteiger partial charge is 2.00 e. The molecule has 0 N–H and O–H groups in total. The molecule has 0 spiro atoms. The van der Waals surface area contributed by atoms with Gasteiger partial charge in [0.1, 0.15) is 47.4 Å². The summed E-state index contributed by atoms with van der Waals surface area (Å²) in [7, 11) is 32.9. The average molecular weight is 1150 g/mol. The van der Waals surface area contributed by atoms with Crippen LogP contribution in [0.2, 0.25) is 0 Å². The summed E-state index contributed by atoms with van der Waals surface area (Å²) in [4.78, 5) is 59.3. The first-order valence-corrected chi connectivity index (χ1v) is 27.2. The molecule has 0 saturated heterocycles. The van der Waals surface area contributed by atoms with Crippen LogP contribution in [0.15, 0.2) is 72.8 Å². The van der Waals surface area contributed by atoms with Crippen LogP contribution in [0.25, 0.3) is 89.7 Å². The molecule has 0 saturated carbocycles. The van der Waals surface area contributed by atoms with Crippen molar-refractivity contribution < 1.29 is 38.4 Å². The number of benzene rings is 4. The second-order valence-corrected chi connectivity index (χ2v) is 23.4. The molecule has 0 radical (unpaired) electrons. The monoisotopic (exact) mass is 1150 g/mol. The predicted molar refractivity (Wildman–Crippen MR) is 320 cm³/mol. The van der Waals surface area contributed by atoms with E-state index in [1.807, 2.05) is 72.8 Å². The van der Waals surface area contributed by atoms with Crippen LogP contribution in [0.4, 0.5) is 0 Å². The van der Waals surface area contributed by atoms with Crippen LogP contribution in [-0.2, 0) is 19.5 Å². The van der Waals surface area contributed by atoms with Gasteiger partial charge in [-0.3, -0.25) is 0 Å². The van der Waals surface area contributed by atoms with Gasteiger partial charge in [-0.25, -0.2) is 9.97 Å². The quantitative estimate of drug-likeness (QED) is 0.0685. The normalized spacial score (nSPS) is 12.6. The minimum Gasteiger partial charge on any atom is -0.488 e. The molecule has 0 fully saturated rings. The van der Waals surface area contributed by atoms with Gasteiger partial charge >= 0.3 is 19.5 Å². The van der Waals surface area contributed by atoms with E-state index in [1.165, 1.54) is 0 Å². The number of nitrogens with zero attached hydrogens (tertiary/aromatic N) is 16. The number of hydrogen-bond acceptors (Lipinski definition) is 18. The maximum Gasteiger partial charge on any atom is 2.00 e. The Hall–Kier alpha value is -6.26. The molecule has 0 amide bonds. The number of aromatic nitrogens is 8. The molecule has 0 atom stereocenters. The first-order valence-electron chi connectivity index (χ1n) is 27.2. The number of fused-ring (bicyclic) bond motifs is 20. The fourth-order valence-electron chi connectivity index (χ4n) is 10.4. The first-order chi connectivity index (χ1) is 38.1. The molecule has 2 aliphatic rings. The first kappa shape index (κ1) is 60.8. The number of likely N-dealkylation sites (N-methyl/N-ethyl adjacent to an activating group) is 8. The Morgan fingerprint density at radius 3 is 0.802 bits per heavy atom. The van der Waals surface area contributed by atoms with Gasteiger partial charge in [0.25, 0.3) is 0 Å². The third-order valence-corrected chi connectivity index (χ3v) is 13.3. The second kappa shape index (κ2) is 26.3. The maximum atomic E-state index is 6.76. The second-order valence-electron chi connectivity index (χ2n) is 23.4. The molecule has 2 aliphatic heterocycles. The average Bonchev–Trinajstić information content (AvgIpc) is 4.23.